The first kappa shape index (κ1) is 14.5. The summed E-state index contributed by atoms with van der Waals surface area (Å²) in [6, 6.07) is -0.279. The molecule has 18 heavy (non-hydrogen) atoms. The van der Waals surface area contributed by atoms with Crippen LogP contribution in [0.3, 0.4) is 0 Å². The van der Waals surface area contributed by atoms with Crippen LogP contribution in [0.4, 0.5) is 5.69 Å². The number of aromatic nitrogens is 2. The number of hydrogen-bond donors (Lipinski definition) is 2. The standard InChI is InChI=1S/C13H24N4O/c1-7-13(4,5)15-12(18)10(3)14-11-8-17(6)16-9(11)2/h8,10,14H,7H2,1-6H3,(H,15,18). The lowest BCUT2D eigenvalue weighted by Gasteiger charge is -2.26. The fraction of sp³-hybridized carbons (Fsp3) is 0.692. The molecule has 1 atom stereocenters. The van der Waals surface area contributed by atoms with Crippen molar-refractivity contribution in [2.75, 3.05) is 5.32 Å². The van der Waals surface area contributed by atoms with Crippen molar-refractivity contribution in [3.05, 3.63) is 11.9 Å². The summed E-state index contributed by atoms with van der Waals surface area (Å²) in [6.07, 6.45) is 2.78. The number of amides is 1. The van der Waals surface area contributed by atoms with Gasteiger partial charge in [-0.3, -0.25) is 9.48 Å². The van der Waals surface area contributed by atoms with Crippen LogP contribution in [0.25, 0.3) is 0 Å². The van der Waals surface area contributed by atoms with Crippen molar-refractivity contribution in [3.8, 4) is 0 Å². The molecule has 0 bridgehead atoms. The maximum Gasteiger partial charge on any atom is 0.242 e. The molecule has 102 valence electrons. The Kier molecular flexibility index (Phi) is 4.38. The molecule has 5 nitrogen and oxygen atoms in total. The van der Waals surface area contributed by atoms with Gasteiger partial charge in [0, 0.05) is 18.8 Å². The molecule has 0 aliphatic heterocycles. The lowest BCUT2D eigenvalue weighted by molar-refractivity contribution is -0.123. The number of nitrogens with zero attached hydrogens (tertiary/aromatic N) is 2. The van der Waals surface area contributed by atoms with Gasteiger partial charge in [-0.1, -0.05) is 6.92 Å². The Morgan fingerprint density at radius 2 is 2.17 bits per heavy atom. The molecule has 1 unspecified atom stereocenters. The van der Waals surface area contributed by atoms with E-state index in [0.717, 1.165) is 17.8 Å². The third kappa shape index (κ3) is 3.75. The molecule has 0 aliphatic rings. The largest absolute Gasteiger partial charge is 0.371 e. The van der Waals surface area contributed by atoms with Crippen molar-refractivity contribution in [1.82, 2.24) is 15.1 Å². The van der Waals surface area contributed by atoms with Gasteiger partial charge in [-0.25, -0.2) is 0 Å². The number of aryl methyl sites for hydroxylation is 2. The Morgan fingerprint density at radius 3 is 2.61 bits per heavy atom. The van der Waals surface area contributed by atoms with E-state index in [2.05, 4.69) is 22.7 Å². The average Bonchev–Trinajstić information content (AvgIpc) is 2.56. The Hall–Kier alpha value is -1.52. The van der Waals surface area contributed by atoms with Gasteiger partial charge in [-0.05, 0) is 34.1 Å². The number of nitrogens with one attached hydrogen (secondary N) is 2. The van der Waals surface area contributed by atoms with Gasteiger partial charge in [-0.15, -0.1) is 0 Å². The topological polar surface area (TPSA) is 59.0 Å². The van der Waals surface area contributed by atoms with Crippen molar-refractivity contribution in [2.45, 2.75) is 52.6 Å². The van der Waals surface area contributed by atoms with Crippen molar-refractivity contribution in [3.63, 3.8) is 0 Å². The third-order valence-electron chi connectivity index (χ3n) is 3.12. The fourth-order valence-electron chi connectivity index (χ4n) is 1.57. The van der Waals surface area contributed by atoms with Gasteiger partial charge in [0.1, 0.15) is 6.04 Å². The first-order chi connectivity index (χ1) is 8.25. The van der Waals surface area contributed by atoms with Crippen LogP contribution in [0.1, 0.15) is 39.8 Å². The summed E-state index contributed by atoms with van der Waals surface area (Å²) in [5.41, 5.74) is 1.62. The first-order valence-electron chi connectivity index (χ1n) is 6.34. The lowest BCUT2D eigenvalue weighted by atomic mass is 10.0. The molecule has 1 amide bonds. The highest BCUT2D eigenvalue weighted by molar-refractivity contribution is 5.84. The molecule has 0 saturated heterocycles. The fourth-order valence-corrected chi connectivity index (χ4v) is 1.57. The summed E-state index contributed by atoms with van der Waals surface area (Å²) < 4.78 is 1.73. The minimum Gasteiger partial charge on any atom is -0.371 e. The molecule has 1 aromatic rings. The molecule has 0 spiro atoms. The van der Waals surface area contributed by atoms with Gasteiger partial charge in [0.2, 0.25) is 5.91 Å². The summed E-state index contributed by atoms with van der Waals surface area (Å²) in [6.45, 7) is 9.87. The van der Waals surface area contributed by atoms with Gasteiger partial charge in [-0.2, -0.15) is 5.10 Å². The van der Waals surface area contributed by atoms with Crippen LogP contribution < -0.4 is 10.6 Å². The van der Waals surface area contributed by atoms with Gasteiger partial charge in [0.05, 0.1) is 11.4 Å². The molecule has 2 N–H and O–H groups in total. The molecule has 0 aromatic carbocycles. The lowest BCUT2D eigenvalue weighted by Crippen LogP contribution is -2.48. The Morgan fingerprint density at radius 1 is 1.56 bits per heavy atom. The van der Waals surface area contributed by atoms with E-state index >= 15 is 0 Å². The maximum absolute atomic E-state index is 12.0. The molecule has 1 aromatic heterocycles. The summed E-state index contributed by atoms with van der Waals surface area (Å²) in [5, 5.41) is 10.4. The summed E-state index contributed by atoms with van der Waals surface area (Å²) in [7, 11) is 1.86. The number of carbonyl (C=O) groups excluding carboxylic acids is 1. The van der Waals surface area contributed by atoms with E-state index in [1.54, 1.807) is 4.68 Å². The Balaban J connectivity index is 2.63. The van der Waals surface area contributed by atoms with Crippen LogP contribution in [0.5, 0.6) is 0 Å². The molecule has 0 fully saturated rings. The normalized spacial score (nSPS) is 13.2. The number of rotatable bonds is 5. The van der Waals surface area contributed by atoms with Crippen LogP contribution in [0.2, 0.25) is 0 Å². The summed E-state index contributed by atoms with van der Waals surface area (Å²) >= 11 is 0. The van der Waals surface area contributed by atoms with E-state index in [-0.39, 0.29) is 17.5 Å². The zero-order chi connectivity index (χ0) is 13.9. The van der Waals surface area contributed by atoms with E-state index in [4.69, 9.17) is 0 Å². The molecular weight excluding hydrogens is 228 g/mol. The first-order valence-corrected chi connectivity index (χ1v) is 6.34. The highest BCUT2D eigenvalue weighted by Gasteiger charge is 2.22. The molecule has 0 saturated carbocycles. The maximum atomic E-state index is 12.0. The van der Waals surface area contributed by atoms with Gasteiger partial charge in [0.25, 0.3) is 0 Å². The highest BCUT2D eigenvalue weighted by Crippen LogP contribution is 2.13. The van der Waals surface area contributed by atoms with E-state index < -0.39 is 0 Å². The molecule has 1 heterocycles. The zero-order valence-electron chi connectivity index (χ0n) is 12.2. The van der Waals surface area contributed by atoms with Crippen molar-refractivity contribution in [2.24, 2.45) is 7.05 Å². The quantitative estimate of drug-likeness (QED) is 0.840. The monoisotopic (exact) mass is 252 g/mol. The smallest absolute Gasteiger partial charge is 0.242 e. The minimum absolute atomic E-state index is 0.00473. The molecule has 0 radical (unpaired) electrons. The second-order valence-electron chi connectivity index (χ2n) is 5.39. The minimum atomic E-state index is -0.279. The summed E-state index contributed by atoms with van der Waals surface area (Å²) in [5.74, 6) is 0.00473. The zero-order valence-corrected chi connectivity index (χ0v) is 12.2. The second kappa shape index (κ2) is 5.42. The van der Waals surface area contributed by atoms with Gasteiger partial charge >= 0.3 is 0 Å². The molecule has 0 aliphatic carbocycles. The summed E-state index contributed by atoms with van der Waals surface area (Å²) in [4.78, 5) is 12.0. The number of anilines is 1. The molecular formula is C13H24N4O. The van der Waals surface area contributed by atoms with E-state index in [1.807, 2.05) is 40.9 Å². The van der Waals surface area contributed by atoms with E-state index in [1.165, 1.54) is 0 Å². The van der Waals surface area contributed by atoms with E-state index in [0.29, 0.717) is 0 Å². The second-order valence-corrected chi connectivity index (χ2v) is 5.39. The third-order valence-corrected chi connectivity index (χ3v) is 3.12. The van der Waals surface area contributed by atoms with Crippen LogP contribution in [0.15, 0.2) is 6.20 Å². The average molecular weight is 252 g/mol. The molecule has 5 heteroatoms. The van der Waals surface area contributed by atoms with Crippen LogP contribution >= 0.6 is 0 Å². The number of hydrogen-bond acceptors (Lipinski definition) is 3. The predicted octanol–water partition coefficient (Wildman–Crippen LogP) is 1.83. The van der Waals surface area contributed by atoms with E-state index in [9.17, 15) is 4.79 Å². The predicted molar refractivity (Wildman–Crippen MR) is 73.5 cm³/mol. The van der Waals surface area contributed by atoms with Crippen LogP contribution in [-0.2, 0) is 11.8 Å². The SMILES string of the molecule is CCC(C)(C)NC(=O)C(C)Nc1cn(C)nc1C. The highest BCUT2D eigenvalue weighted by atomic mass is 16.2. The van der Waals surface area contributed by atoms with Crippen molar-refractivity contribution in [1.29, 1.82) is 0 Å². The van der Waals surface area contributed by atoms with Gasteiger partial charge < -0.3 is 10.6 Å². The Bertz CT molecular complexity index is 423. The van der Waals surface area contributed by atoms with Crippen molar-refractivity contribution >= 4 is 11.6 Å². The number of carbonyl (C=O) groups is 1. The Labute approximate surface area is 109 Å². The van der Waals surface area contributed by atoms with Crippen molar-refractivity contribution < 1.29 is 4.79 Å². The van der Waals surface area contributed by atoms with Crippen LogP contribution in [-0.4, -0.2) is 27.3 Å². The van der Waals surface area contributed by atoms with Crippen LogP contribution in [0, 0.1) is 6.92 Å². The van der Waals surface area contributed by atoms with Gasteiger partial charge in [0.15, 0.2) is 0 Å². The molecule has 1 rings (SSSR count).